The third-order valence-corrected chi connectivity index (χ3v) is 8.56. The molecule has 0 aromatic heterocycles. The highest BCUT2D eigenvalue weighted by molar-refractivity contribution is 7.92. The topological polar surface area (TPSA) is 105 Å². The van der Waals surface area contributed by atoms with Crippen molar-refractivity contribution in [1.29, 1.82) is 0 Å². The van der Waals surface area contributed by atoms with E-state index in [2.05, 4.69) is 5.32 Å². The fraction of sp³-hybridized carbons (Fsp3) is 0.375. The highest BCUT2D eigenvalue weighted by Gasteiger charge is 2.34. The van der Waals surface area contributed by atoms with Gasteiger partial charge in [0.2, 0.25) is 11.8 Å². The van der Waals surface area contributed by atoms with Crippen LogP contribution in [0.15, 0.2) is 77.7 Å². The van der Waals surface area contributed by atoms with Crippen molar-refractivity contribution in [3.8, 4) is 11.5 Å². The van der Waals surface area contributed by atoms with Gasteiger partial charge in [-0.3, -0.25) is 13.9 Å². The fourth-order valence-electron chi connectivity index (χ4n) is 4.57. The lowest BCUT2D eigenvalue weighted by Crippen LogP contribution is -2.52. The summed E-state index contributed by atoms with van der Waals surface area (Å²) < 4.78 is 39.9. The zero-order valence-corrected chi connectivity index (χ0v) is 26.0. The minimum atomic E-state index is -4.24. The fourth-order valence-corrected chi connectivity index (χ4v) is 6.00. The lowest BCUT2D eigenvalue weighted by atomic mass is 10.1. The van der Waals surface area contributed by atoms with Crippen molar-refractivity contribution in [3.63, 3.8) is 0 Å². The number of aryl methyl sites for hydroxylation is 1. The molecule has 42 heavy (non-hydrogen) atoms. The summed E-state index contributed by atoms with van der Waals surface area (Å²) in [6.45, 7) is 7.82. The SMILES string of the molecule is CCC(C(=O)NCC(C)C)N(Cc1cccc(C)c1)C(=O)CN(c1ccccc1OC)S(=O)(=O)c1ccc(OC)cc1. The summed E-state index contributed by atoms with van der Waals surface area (Å²) in [5.74, 6) is 0.203. The maximum atomic E-state index is 14.2. The van der Waals surface area contributed by atoms with E-state index in [0.717, 1.165) is 15.4 Å². The molecule has 0 radical (unpaired) electrons. The number of sulfonamides is 1. The number of methoxy groups -OCH3 is 2. The van der Waals surface area contributed by atoms with Crippen molar-refractivity contribution in [1.82, 2.24) is 10.2 Å². The number of ether oxygens (including phenoxy) is 2. The smallest absolute Gasteiger partial charge is 0.264 e. The average Bonchev–Trinajstić information content (AvgIpc) is 2.98. The summed E-state index contributed by atoms with van der Waals surface area (Å²) >= 11 is 0. The van der Waals surface area contributed by atoms with E-state index >= 15 is 0 Å². The van der Waals surface area contributed by atoms with Crippen LogP contribution in [-0.4, -0.2) is 58.5 Å². The Labute approximate surface area is 249 Å². The van der Waals surface area contributed by atoms with Gasteiger partial charge in [-0.1, -0.05) is 62.7 Å². The number of amides is 2. The van der Waals surface area contributed by atoms with Gasteiger partial charge in [0.05, 0.1) is 24.8 Å². The second-order valence-electron chi connectivity index (χ2n) is 10.4. The maximum absolute atomic E-state index is 14.2. The van der Waals surface area contributed by atoms with E-state index in [1.807, 2.05) is 52.0 Å². The Morgan fingerprint density at radius 2 is 1.62 bits per heavy atom. The molecule has 1 unspecified atom stereocenters. The number of para-hydroxylation sites is 2. The van der Waals surface area contributed by atoms with Gasteiger partial charge in [-0.05, 0) is 61.2 Å². The minimum Gasteiger partial charge on any atom is -0.497 e. The molecule has 3 aromatic carbocycles. The molecule has 0 fully saturated rings. The van der Waals surface area contributed by atoms with Crippen molar-refractivity contribution < 1.29 is 27.5 Å². The normalized spacial score (nSPS) is 12.0. The minimum absolute atomic E-state index is 0.0195. The lowest BCUT2D eigenvalue weighted by molar-refractivity contribution is -0.140. The number of nitrogens with one attached hydrogen (secondary N) is 1. The first-order chi connectivity index (χ1) is 20.0. The summed E-state index contributed by atoms with van der Waals surface area (Å²) in [7, 11) is -1.31. The monoisotopic (exact) mass is 595 g/mol. The molecule has 10 heteroatoms. The van der Waals surface area contributed by atoms with Crippen molar-refractivity contribution in [2.24, 2.45) is 5.92 Å². The van der Waals surface area contributed by atoms with E-state index in [0.29, 0.717) is 18.7 Å². The summed E-state index contributed by atoms with van der Waals surface area (Å²) in [5, 5.41) is 2.94. The first-order valence-corrected chi connectivity index (χ1v) is 15.4. The van der Waals surface area contributed by atoms with Crippen LogP contribution in [0.4, 0.5) is 5.69 Å². The molecule has 3 rings (SSSR count). The largest absolute Gasteiger partial charge is 0.497 e. The molecular formula is C32H41N3O6S. The van der Waals surface area contributed by atoms with E-state index in [1.54, 1.807) is 36.4 Å². The molecule has 0 bridgehead atoms. The average molecular weight is 596 g/mol. The molecule has 1 N–H and O–H groups in total. The number of nitrogens with zero attached hydrogens (tertiary/aromatic N) is 2. The van der Waals surface area contributed by atoms with Gasteiger partial charge in [0, 0.05) is 13.1 Å². The Morgan fingerprint density at radius 3 is 2.21 bits per heavy atom. The zero-order chi connectivity index (χ0) is 30.9. The van der Waals surface area contributed by atoms with Gasteiger partial charge in [0.15, 0.2) is 0 Å². The summed E-state index contributed by atoms with van der Waals surface area (Å²) in [6, 6.07) is 19.4. The van der Waals surface area contributed by atoms with Crippen LogP contribution in [-0.2, 0) is 26.2 Å². The van der Waals surface area contributed by atoms with Gasteiger partial charge in [-0.15, -0.1) is 0 Å². The Bertz CT molecular complexity index is 1460. The predicted molar refractivity (Wildman–Crippen MR) is 164 cm³/mol. The third-order valence-electron chi connectivity index (χ3n) is 6.79. The van der Waals surface area contributed by atoms with Crippen LogP contribution in [0.2, 0.25) is 0 Å². The summed E-state index contributed by atoms with van der Waals surface area (Å²) in [4.78, 5) is 29.0. The molecule has 3 aromatic rings. The van der Waals surface area contributed by atoms with Gasteiger partial charge < -0.3 is 19.7 Å². The molecule has 0 saturated heterocycles. The first-order valence-electron chi connectivity index (χ1n) is 13.9. The Kier molecular flexibility index (Phi) is 11.4. The third kappa shape index (κ3) is 8.03. The van der Waals surface area contributed by atoms with Crippen molar-refractivity contribution in [3.05, 3.63) is 83.9 Å². The van der Waals surface area contributed by atoms with Crippen LogP contribution >= 0.6 is 0 Å². The lowest BCUT2D eigenvalue weighted by Gasteiger charge is -2.33. The van der Waals surface area contributed by atoms with E-state index in [1.165, 1.54) is 31.3 Å². The van der Waals surface area contributed by atoms with E-state index in [9.17, 15) is 18.0 Å². The molecule has 0 heterocycles. The van der Waals surface area contributed by atoms with Crippen molar-refractivity contribution >= 4 is 27.5 Å². The molecule has 0 aliphatic rings. The zero-order valence-electron chi connectivity index (χ0n) is 25.2. The molecular weight excluding hydrogens is 554 g/mol. The number of carbonyl (C=O) groups excluding carboxylic acids is 2. The quantitative estimate of drug-likeness (QED) is 0.288. The number of carbonyl (C=O) groups is 2. The second kappa shape index (κ2) is 14.7. The molecule has 2 amide bonds. The van der Waals surface area contributed by atoms with Gasteiger partial charge in [0.1, 0.15) is 24.1 Å². The molecule has 226 valence electrons. The summed E-state index contributed by atoms with van der Waals surface area (Å²) in [5.41, 5.74) is 2.05. The first kappa shape index (κ1) is 32.5. The highest BCUT2D eigenvalue weighted by Crippen LogP contribution is 2.33. The van der Waals surface area contributed by atoms with Crippen molar-refractivity contribution in [2.45, 2.75) is 51.6 Å². The van der Waals surface area contributed by atoms with Crippen LogP contribution < -0.4 is 19.1 Å². The van der Waals surface area contributed by atoms with Crippen molar-refractivity contribution in [2.75, 3.05) is 31.6 Å². The van der Waals surface area contributed by atoms with Crippen LogP contribution in [0.1, 0.15) is 38.3 Å². The number of hydrogen-bond acceptors (Lipinski definition) is 6. The molecule has 0 aliphatic heterocycles. The van der Waals surface area contributed by atoms with Crippen LogP contribution in [0, 0.1) is 12.8 Å². The van der Waals surface area contributed by atoms with E-state index in [-0.39, 0.29) is 34.7 Å². The highest BCUT2D eigenvalue weighted by atomic mass is 32.2. The molecule has 9 nitrogen and oxygen atoms in total. The molecule has 0 aliphatic carbocycles. The van der Waals surface area contributed by atoms with Crippen LogP contribution in [0.5, 0.6) is 11.5 Å². The standard InChI is InChI=1S/C32H41N3O6S/c1-7-28(32(37)33-20-23(2)3)34(21-25-12-10-11-24(4)19-25)31(36)22-35(29-13-8-9-14-30(29)41-6)42(38,39)27-17-15-26(40-5)16-18-27/h8-19,23,28H,7,20-22H2,1-6H3,(H,33,37). The Hall–Kier alpha value is -4.05. The summed E-state index contributed by atoms with van der Waals surface area (Å²) in [6.07, 6.45) is 0.349. The predicted octanol–water partition coefficient (Wildman–Crippen LogP) is 4.79. The number of benzene rings is 3. The molecule has 0 spiro atoms. The molecule has 1 atom stereocenters. The van der Waals surface area contributed by atoms with Gasteiger partial charge in [-0.2, -0.15) is 0 Å². The van der Waals surface area contributed by atoms with E-state index < -0.39 is 28.5 Å². The van der Waals surface area contributed by atoms with Crippen LogP contribution in [0.25, 0.3) is 0 Å². The van der Waals surface area contributed by atoms with Crippen LogP contribution in [0.3, 0.4) is 0 Å². The van der Waals surface area contributed by atoms with Gasteiger partial charge >= 0.3 is 0 Å². The second-order valence-corrected chi connectivity index (χ2v) is 12.3. The number of hydrogen-bond donors (Lipinski definition) is 1. The Balaban J connectivity index is 2.09. The molecule has 0 saturated carbocycles. The van der Waals surface area contributed by atoms with Gasteiger partial charge in [0.25, 0.3) is 10.0 Å². The Morgan fingerprint density at radius 1 is 0.929 bits per heavy atom. The van der Waals surface area contributed by atoms with E-state index in [4.69, 9.17) is 9.47 Å². The number of anilines is 1. The van der Waals surface area contributed by atoms with Gasteiger partial charge in [-0.25, -0.2) is 8.42 Å². The maximum Gasteiger partial charge on any atom is 0.264 e. The number of rotatable bonds is 14.